The highest BCUT2D eigenvalue weighted by atomic mass is 16.5. The minimum absolute atomic E-state index is 0.156. The molecule has 0 aromatic rings. The van der Waals surface area contributed by atoms with Crippen LogP contribution < -0.4 is 5.73 Å². The standard InChI is InChI=1S/C9H18N2O3/c1-9(13,8(12)14-2)6-11-4-3-7(10)5-11/h7,13H,3-6,10H2,1-2H3/t7-,9?/m1/s1. The Bertz CT molecular complexity index is 218. The summed E-state index contributed by atoms with van der Waals surface area (Å²) in [6.07, 6.45) is 0.914. The van der Waals surface area contributed by atoms with Crippen molar-refractivity contribution in [1.82, 2.24) is 4.90 Å². The van der Waals surface area contributed by atoms with E-state index in [0.29, 0.717) is 0 Å². The van der Waals surface area contributed by atoms with Crippen molar-refractivity contribution in [2.75, 3.05) is 26.7 Å². The Morgan fingerprint density at radius 1 is 1.79 bits per heavy atom. The number of nitrogens with two attached hydrogens (primary N) is 1. The average molecular weight is 202 g/mol. The molecule has 1 aliphatic rings. The average Bonchev–Trinajstić information content (AvgIpc) is 2.48. The van der Waals surface area contributed by atoms with Crippen LogP contribution in [-0.2, 0) is 9.53 Å². The third-order valence-electron chi connectivity index (χ3n) is 2.47. The van der Waals surface area contributed by atoms with Crippen molar-refractivity contribution in [3.05, 3.63) is 0 Å². The zero-order valence-electron chi connectivity index (χ0n) is 8.69. The van der Waals surface area contributed by atoms with Crippen molar-refractivity contribution in [1.29, 1.82) is 0 Å². The number of hydrogen-bond donors (Lipinski definition) is 2. The number of hydrogen-bond acceptors (Lipinski definition) is 5. The molecule has 1 saturated heterocycles. The van der Waals surface area contributed by atoms with Gasteiger partial charge in [-0.2, -0.15) is 0 Å². The maximum absolute atomic E-state index is 11.2. The van der Waals surface area contributed by atoms with Crippen LogP contribution in [0.15, 0.2) is 0 Å². The van der Waals surface area contributed by atoms with Crippen LogP contribution in [0.2, 0.25) is 0 Å². The predicted octanol–water partition coefficient (Wildman–Crippen LogP) is -1.06. The van der Waals surface area contributed by atoms with E-state index in [1.165, 1.54) is 14.0 Å². The maximum atomic E-state index is 11.2. The number of carbonyl (C=O) groups excluding carboxylic acids is 1. The smallest absolute Gasteiger partial charge is 0.338 e. The Morgan fingerprint density at radius 3 is 2.86 bits per heavy atom. The first kappa shape index (κ1) is 11.4. The first-order chi connectivity index (χ1) is 6.45. The van der Waals surface area contributed by atoms with Gasteiger partial charge in [-0.05, 0) is 19.9 Å². The van der Waals surface area contributed by atoms with Gasteiger partial charge < -0.3 is 15.6 Å². The molecule has 1 heterocycles. The molecule has 0 saturated carbocycles. The van der Waals surface area contributed by atoms with Crippen LogP contribution in [0.3, 0.4) is 0 Å². The molecule has 0 spiro atoms. The van der Waals surface area contributed by atoms with E-state index in [1.807, 2.05) is 4.90 Å². The van der Waals surface area contributed by atoms with Crippen molar-refractivity contribution >= 4 is 5.97 Å². The van der Waals surface area contributed by atoms with Crippen LogP contribution in [0.5, 0.6) is 0 Å². The second-order valence-corrected chi connectivity index (χ2v) is 4.05. The van der Waals surface area contributed by atoms with Crippen molar-refractivity contribution in [2.24, 2.45) is 5.73 Å². The van der Waals surface area contributed by atoms with Crippen LogP contribution in [0.4, 0.5) is 0 Å². The minimum Gasteiger partial charge on any atom is -0.467 e. The Hall–Kier alpha value is -0.650. The lowest BCUT2D eigenvalue weighted by Gasteiger charge is -2.26. The van der Waals surface area contributed by atoms with Gasteiger partial charge in [0.25, 0.3) is 0 Å². The largest absolute Gasteiger partial charge is 0.467 e. The minimum atomic E-state index is -1.43. The molecule has 1 aliphatic heterocycles. The van der Waals surface area contributed by atoms with Crippen LogP contribution in [0.25, 0.3) is 0 Å². The monoisotopic (exact) mass is 202 g/mol. The van der Waals surface area contributed by atoms with E-state index in [-0.39, 0.29) is 12.6 Å². The van der Waals surface area contributed by atoms with Crippen molar-refractivity contribution < 1.29 is 14.6 Å². The molecule has 0 aliphatic carbocycles. The van der Waals surface area contributed by atoms with Crippen molar-refractivity contribution in [3.63, 3.8) is 0 Å². The number of β-amino-alcohol motifs (C(OH)–C–C–N with tert-alkyl or cyclic N) is 1. The van der Waals surface area contributed by atoms with Gasteiger partial charge in [-0.15, -0.1) is 0 Å². The zero-order valence-corrected chi connectivity index (χ0v) is 8.69. The van der Waals surface area contributed by atoms with Crippen LogP contribution >= 0.6 is 0 Å². The number of methoxy groups -OCH3 is 1. The van der Waals surface area contributed by atoms with Gasteiger partial charge in [0, 0.05) is 19.1 Å². The third-order valence-corrected chi connectivity index (χ3v) is 2.47. The Kier molecular flexibility index (Phi) is 3.47. The van der Waals surface area contributed by atoms with Gasteiger partial charge in [-0.25, -0.2) is 4.79 Å². The molecule has 5 heteroatoms. The zero-order chi connectivity index (χ0) is 10.8. The molecule has 0 aromatic carbocycles. The highest BCUT2D eigenvalue weighted by Crippen LogP contribution is 2.13. The highest BCUT2D eigenvalue weighted by Gasteiger charge is 2.35. The van der Waals surface area contributed by atoms with Gasteiger partial charge in [0.05, 0.1) is 7.11 Å². The molecular weight excluding hydrogens is 184 g/mol. The molecule has 1 unspecified atom stereocenters. The van der Waals surface area contributed by atoms with E-state index < -0.39 is 11.6 Å². The fourth-order valence-electron chi connectivity index (χ4n) is 1.73. The summed E-state index contributed by atoms with van der Waals surface area (Å²) in [6, 6.07) is 0.156. The Balaban J connectivity index is 2.46. The SMILES string of the molecule is COC(=O)C(C)(O)CN1CC[C@@H](N)C1. The normalized spacial score (nSPS) is 27.3. The van der Waals surface area contributed by atoms with Gasteiger partial charge in [0.1, 0.15) is 0 Å². The summed E-state index contributed by atoms with van der Waals surface area (Å²) < 4.78 is 4.51. The Morgan fingerprint density at radius 2 is 2.43 bits per heavy atom. The number of esters is 1. The van der Waals surface area contributed by atoms with Crippen LogP contribution in [0.1, 0.15) is 13.3 Å². The van der Waals surface area contributed by atoms with E-state index in [2.05, 4.69) is 4.74 Å². The van der Waals surface area contributed by atoms with Gasteiger partial charge in [-0.1, -0.05) is 0 Å². The topological polar surface area (TPSA) is 75.8 Å². The number of likely N-dealkylation sites (tertiary alicyclic amines) is 1. The number of ether oxygens (including phenoxy) is 1. The number of carbonyl (C=O) groups is 1. The molecule has 3 N–H and O–H groups in total. The predicted molar refractivity (Wildman–Crippen MR) is 51.7 cm³/mol. The van der Waals surface area contributed by atoms with E-state index in [0.717, 1.165) is 19.5 Å². The van der Waals surface area contributed by atoms with Crippen molar-refractivity contribution in [2.45, 2.75) is 25.0 Å². The van der Waals surface area contributed by atoms with E-state index in [9.17, 15) is 9.90 Å². The molecular formula is C9H18N2O3. The molecule has 82 valence electrons. The first-order valence-corrected chi connectivity index (χ1v) is 4.74. The second-order valence-electron chi connectivity index (χ2n) is 4.05. The molecule has 0 bridgehead atoms. The molecule has 5 nitrogen and oxygen atoms in total. The van der Waals surface area contributed by atoms with Gasteiger partial charge >= 0.3 is 5.97 Å². The van der Waals surface area contributed by atoms with Gasteiger partial charge in [0.2, 0.25) is 0 Å². The summed E-state index contributed by atoms with van der Waals surface area (Å²) >= 11 is 0. The van der Waals surface area contributed by atoms with Gasteiger partial charge in [0.15, 0.2) is 5.60 Å². The number of nitrogens with zero attached hydrogens (tertiary/aromatic N) is 1. The molecule has 0 radical (unpaired) electrons. The summed E-state index contributed by atoms with van der Waals surface area (Å²) in [5, 5.41) is 9.77. The summed E-state index contributed by atoms with van der Waals surface area (Å²) in [7, 11) is 1.27. The maximum Gasteiger partial charge on any atom is 0.338 e. The second kappa shape index (κ2) is 4.25. The molecule has 1 rings (SSSR count). The number of rotatable bonds is 3. The summed E-state index contributed by atoms with van der Waals surface area (Å²) in [5.41, 5.74) is 4.28. The third kappa shape index (κ3) is 2.67. The lowest BCUT2D eigenvalue weighted by molar-refractivity contribution is -0.162. The Labute approximate surface area is 83.8 Å². The molecule has 0 amide bonds. The van der Waals surface area contributed by atoms with E-state index in [1.54, 1.807) is 0 Å². The van der Waals surface area contributed by atoms with E-state index in [4.69, 9.17) is 5.73 Å². The van der Waals surface area contributed by atoms with Crippen LogP contribution in [-0.4, -0.2) is 54.4 Å². The first-order valence-electron chi connectivity index (χ1n) is 4.74. The molecule has 0 aromatic heterocycles. The fourth-order valence-corrected chi connectivity index (χ4v) is 1.73. The lowest BCUT2D eigenvalue weighted by Crippen LogP contribution is -2.47. The number of aliphatic hydroxyl groups is 1. The highest BCUT2D eigenvalue weighted by molar-refractivity contribution is 5.78. The summed E-state index contributed by atoms with van der Waals surface area (Å²) in [4.78, 5) is 13.1. The van der Waals surface area contributed by atoms with Crippen LogP contribution in [0, 0.1) is 0 Å². The summed E-state index contributed by atoms with van der Waals surface area (Å²) in [6.45, 7) is 3.30. The van der Waals surface area contributed by atoms with E-state index >= 15 is 0 Å². The lowest BCUT2D eigenvalue weighted by atomic mass is 10.1. The molecule has 2 atom stereocenters. The molecule has 1 fully saturated rings. The molecule has 14 heavy (non-hydrogen) atoms. The van der Waals surface area contributed by atoms with Gasteiger partial charge in [-0.3, -0.25) is 4.90 Å². The quantitative estimate of drug-likeness (QED) is 0.571. The fraction of sp³-hybridized carbons (Fsp3) is 0.889. The van der Waals surface area contributed by atoms with Crippen molar-refractivity contribution in [3.8, 4) is 0 Å². The summed E-state index contributed by atoms with van der Waals surface area (Å²) in [5.74, 6) is -0.599.